The van der Waals surface area contributed by atoms with Crippen LogP contribution < -0.4 is 0 Å². The number of fused-ring (bicyclic) bond motifs is 1. The number of amides is 2. The van der Waals surface area contributed by atoms with E-state index in [1.165, 1.54) is 11.1 Å². The van der Waals surface area contributed by atoms with Crippen LogP contribution in [0.15, 0.2) is 24.3 Å². The topological polar surface area (TPSA) is 43.9 Å². The molecule has 0 unspecified atom stereocenters. The Morgan fingerprint density at radius 1 is 1.12 bits per heavy atom. The van der Waals surface area contributed by atoms with Crippen LogP contribution in [0.3, 0.4) is 0 Å². The maximum atomic E-state index is 13.2. The van der Waals surface area contributed by atoms with Gasteiger partial charge in [0.05, 0.1) is 0 Å². The van der Waals surface area contributed by atoms with Crippen molar-refractivity contribution in [3.05, 3.63) is 35.4 Å². The van der Waals surface area contributed by atoms with Crippen LogP contribution in [0, 0.1) is 5.92 Å². The van der Waals surface area contributed by atoms with Crippen LogP contribution in [0.25, 0.3) is 0 Å². The Morgan fingerprint density at radius 2 is 1.76 bits per heavy atom. The first-order valence-electron chi connectivity index (χ1n) is 9.35. The van der Waals surface area contributed by atoms with Gasteiger partial charge < -0.3 is 14.7 Å². The summed E-state index contributed by atoms with van der Waals surface area (Å²) in [4.78, 5) is 32.2. The Balaban J connectivity index is 1.85. The summed E-state index contributed by atoms with van der Waals surface area (Å²) < 4.78 is 0. The third-order valence-electron chi connectivity index (χ3n) is 5.67. The normalized spacial score (nSPS) is 22.4. The first-order chi connectivity index (χ1) is 12.0. The van der Waals surface area contributed by atoms with E-state index in [1.807, 2.05) is 35.8 Å². The smallest absolute Gasteiger partial charge is 0.245 e. The van der Waals surface area contributed by atoms with E-state index in [4.69, 9.17) is 0 Å². The summed E-state index contributed by atoms with van der Waals surface area (Å²) in [6.45, 7) is 7.82. The zero-order valence-electron chi connectivity index (χ0n) is 15.6. The van der Waals surface area contributed by atoms with Crippen molar-refractivity contribution in [2.24, 2.45) is 5.92 Å². The van der Waals surface area contributed by atoms with Gasteiger partial charge in [0.2, 0.25) is 11.8 Å². The van der Waals surface area contributed by atoms with Crippen molar-refractivity contribution in [1.82, 2.24) is 14.7 Å². The van der Waals surface area contributed by atoms with E-state index >= 15 is 0 Å². The van der Waals surface area contributed by atoms with Gasteiger partial charge in [0, 0.05) is 45.1 Å². The maximum Gasteiger partial charge on any atom is 0.245 e. The van der Waals surface area contributed by atoms with Crippen molar-refractivity contribution in [1.29, 1.82) is 0 Å². The fraction of sp³-hybridized carbons (Fsp3) is 0.600. The number of hydrogen-bond donors (Lipinski definition) is 0. The molecule has 2 heterocycles. The van der Waals surface area contributed by atoms with Gasteiger partial charge in [-0.05, 0) is 24.6 Å². The van der Waals surface area contributed by atoms with Crippen molar-refractivity contribution < 1.29 is 9.59 Å². The van der Waals surface area contributed by atoms with Crippen LogP contribution in [0.2, 0.25) is 0 Å². The summed E-state index contributed by atoms with van der Waals surface area (Å²) in [6.07, 6.45) is 1.43. The molecule has 0 saturated carbocycles. The van der Waals surface area contributed by atoms with Gasteiger partial charge in [-0.15, -0.1) is 0 Å². The first kappa shape index (κ1) is 17.9. The first-order valence-corrected chi connectivity index (χ1v) is 9.35. The summed E-state index contributed by atoms with van der Waals surface area (Å²) >= 11 is 0. The molecule has 136 valence electrons. The fourth-order valence-corrected chi connectivity index (χ4v) is 3.67. The van der Waals surface area contributed by atoms with Crippen molar-refractivity contribution in [2.75, 3.05) is 33.2 Å². The molecule has 5 heteroatoms. The SMILES string of the molecule is CC[C@H](C)C(=O)N1Cc2ccccc2C[C@@H]1C(=O)N1CCN(C)CC1. The second-order valence-corrected chi connectivity index (χ2v) is 7.39. The third-order valence-corrected chi connectivity index (χ3v) is 5.67. The standard InChI is InChI=1S/C20H29N3O2/c1-4-15(2)19(24)23-14-17-8-6-5-7-16(17)13-18(23)20(25)22-11-9-21(3)10-12-22/h5-8,15,18H,4,9-14H2,1-3H3/t15-,18+/m0/s1. The Kier molecular flexibility index (Phi) is 5.42. The van der Waals surface area contributed by atoms with Crippen molar-refractivity contribution in [2.45, 2.75) is 39.3 Å². The number of carbonyl (C=O) groups is 2. The highest BCUT2D eigenvalue weighted by atomic mass is 16.2. The minimum atomic E-state index is -0.361. The van der Waals surface area contributed by atoms with Crippen LogP contribution in [0.1, 0.15) is 31.4 Å². The number of rotatable bonds is 3. The molecule has 2 atom stereocenters. The summed E-state index contributed by atoms with van der Waals surface area (Å²) in [5.74, 6) is 0.164. The van der Waals surface area contributed by atoms with Crippen LogP contribution in [-0.2, 0) is 22.6 Å². The number of likely N-dealkylation sites (N-methyl/N-ethyl adjacent to an activating group) is 1. The molecule has 1 aromatic carbocycles. The minimum Gasteiger partial charge on any atom is -0.338 e. The summed E-state index contributed by atoms with van der Waals surface area (Å²) in [7, 11) is 2.08. The van der Waals surface area contributed by atoms with E-state index in [0.29, 0.717) is 13.0 Å². The molecule has 0 radical (unpaired) electrons. The van der Waals surface area contributed by atoms with E-state index < -0.39 is 0 Å². The van der Waals surface area contributed by atoms with E-state index in [-0.39, 0.29) is 23.8 Å². The monoisotopic (exact) mass is 343 g/mol. The second kappa shape index (κ2) is 7.56. The van der Waals surface area contributed by atoms with Gasteiger partial charge in [-0.25, -0.2) is 0 Å². The molecule has 0 aromatic heterocycles. The van der Waals surface area contributed by atoms with Gasteiger partial charge >= 0.3 is 0 Å². The van der Waals surface area contributed by atoms with E-state index in [0.717, 1.165) is 32.6 Å². The molecule has 5 nitrogen and oxygen atoms in total. The lowest BCUT2D eigenvalue weighted by atomic mass is 9.91. The Morgan fingerprint density at radius 3 is 2.40 bits per heavy atom. The fourth-order valence-electron chi connectivity index (χ4n) is 3.67. The quantitative estimate of drug-likeness (QED) is 0.840. The van der Waals surface area contributed by atoms with Gasteiger partial charge in [-0.2, -0.15) is 0 Å². The summed E-state index contributed by atoms with van der Waals surface area (Å²) in [5, 5.41) is 0. The molecular weight excluding hydrogens is 314 g/mol. The summed E-state index contributed by atoms with van der Waals surface area (Å²) in [6, 6.07) is 7.82. The van der Waals surface area contributed by atoms with Gasteiger partial charge in [-0.3, -0.25) is 9.59 Å². The zero-order valence-corrected chi connectivity index (χ0v) is 15.6. The lowest BCUT2D eigenvalue weighted by Gasteiger charge is -2.41. The predicted molar refractivity (Wildman–Crippen MR) is 98.0 cm³/mol. The number of piperazine rings is 1. The van der Waals surface area contributed by atoms with Crippen LogP contribution in [0.4, 0.5) is 0 Å². The summed E-state index contributed by atoms with van der Waals surface area (Å²) in [5.41, 5.74) is 2.37. The number of carbonyl (C=O) groups excluding carboxylic acids is 2. The largest absolute Gasteiger partial charge is 0.338 e. The van der Waals surface area contributed by atoms with E-state index in [1.54, 1.807) is 0 Å². The van der Waals surface area contributed by atoms with Crippen LogP contribution in [0.5, 0.6) is 0 Å². The molecular formula is C20H29N3O2. The molecule has 0 bridgehead atoms. The van der Waals surface area contributed by atoms with Crippen molar-refractivity contribution in [3.63, 3.8) is 0 Å². The molecule has 25 heavy (non-hydrogen) atoms. The highest BCUT2D eigenvalue weighted by Gasteiger charge is 2.38. The maximum absolute atomic E-state index is 13.2. The highest BCUT2D eigenvalue weighted by Crippen LogP contribution is 2.26. The number of hydrogen-bond acceptors (Lipinski definition) is 3. The Bertz CT molecular complexity index is 638. The molecule has 3 rings (SSSR count). The van der Waals surface area contributed by atoms with Crippen LogP contribution in [-0.4, -0.2) is 65.8 Å². The van der Waals surface area contributed by atoms with E-state index in [2.05, 4.69) is 24.1 Å². The molecule has 0 N–H and O–H groups in total. The van der Waals surface area contributed by atoms with Crippen molar-refractivity contribution >= 4 is 11.8 Å². The van der Waals surface area contributed by atoms with Gasteiger partial charge in [0.25, 0.3) is 0 Å². The van der Waals surface area contributed by atoms with E-state index in [9.17, 15) is 9.59 Å². The lowest BCUT2D eigenvalue weighted by molar-refractivity contribution is -0.150. The number of nitrogens with zero attached hydrogens (tertiary/aromatic N) is 3. The van der Waals surface area contributed by atoms with Gasteiger partial charge in [-0.1, -0.05) is 38.1 Å². The molecule has 1 aromatic rings. The van der Waals surface area contributed by atoms with Crippen LogP contribution >= 0.6 is 0 Å². The molecule has 2 aliphatic heterocycles. The molecule has 0 aliphatic carbocycles. The highest BCUT2D eigenvalue weighted by molar-refractivity contribution is 5.89. The third kappa shape index (κ3) is 3.71. The number of benzene rings is 1. The molecule has 0 spiro atoms. The lowest BCUT2D eigenvalue weighted by Crippen LogP contribution is -2.57. The Hall–Kier alpha value is -1.88. The molecule has 1 fully saturated rings. The average molecular weight is 343 g/mol. The second-order valence-electron chi connectivity index (χ2n) is 7.39. The molecule has 2 amide bonds. The minimum absolute atomic E-state index is 0.0481. The predicted octanol–water partition coefficient (Wildman–Crippen LogP) is 1.76. The molecule has 1 saturated heterocycles. The van der Waals surface area contributed by atoms with Crippen molar-refractivity contribution in [3.8, 4) is 0 Å². The zero-order chi connectivity index (χ0) is 18.0. The van der Waals surface area contributed by atoms with Gasteiger partial charge in [0.1, 0.15) is 6.04 Å². The molecule has 2 aliphatic rings. The Labute approximate surface area is 150 Å². The van der Waals surface area contributed by atoms with Gasteiger partial charge in [0.15, 0.2) is 0 Å². The average Bonchev–Trinajstić information content (AvgIpc) is 2.65.